The maximum Gasteiger partial charge on any atom is 1.20 e. The molecule has 516 valence electrons. The smallest absolute Gasteiger partial charge is 0.580 e. The van der Waals surface area contributed by atoms with E-state index in [0.717, 1.165) is 38.1 Å². The molecule has 0 amide bonds. The van der Waals surface area contributed by atoms with E-state index in [-0.39, 0.29) is 60.4 Å². The number of ketones is 3. The standard InChI is InChI=1S/2C9H7NO4S.4C9H7NO.3C5H8O2.3Al.O3S/c2*11-7-3-4-8(15(12,13)14)6-2-1-5-10-9(6)7;4*11-8-5-1-3-7-4-2-6-10-9(7)8;3*1-4(6)3-5(2)7;;;;1-4(2)3/h2*1-5,11H,(H,12,13,14);4*1-6,11H;3*3,6H,1-2H3;;;;/q;;;;;;;;;3*+3;/p-9/b;;;;;;3*4-3-;;;;. The zero-order valence-corrected chi connectivity index (χ0v) is 60.6. The third-order valence-electron chi connectivity index (χ3n) is 13.7. The molecule has 0 spiro atoms. The molecule has 6 heterocycles. The molecule has 0 saturated carbocycles. The molecule has 0 unspecified atom stereocenters. The monoisotopic (exact) mass is 1480 g/mol. The van der Waals surface area contributed by atoms with Crippen molar-refractivity contribution in [2.45, 2.75) is 51.3 Å². The number of carbonyl (C=O) groups is 3. The molecule has 0 radical (unpaired) electrons. The van der Waals surface area contributed by atoms with Gasteiger partial charge in [0.05, 0.1) is 17.3 Å². The molecule has 0 bridgehead atoms. The lowest BCUT2D eigenvalue weighted by Crippen LogP contribution is -2.37. The summed E-state index contributed by atoms with van der Waals surface area (Å²) in [5.74, 6) is 2.89. The van der Waals surface area contributed by atoms with E-state index in [1.165, 1.54) is 99.9 Å². The van der Waals surface area contributed by atoms with Gasteiger partial charge in [-0.3, -0.25) is 53.4 Å². The summed E-state index contributed by atoms with van der Waals surface area (Å²) < 4.78 is 147. The van der Waals surface area contributed by atoms with E-state index in [1.807, 2.05) is 103 Å². The molecule has 102 heavy (non-hydrogen) atoms. The van der Waals surface area contributed by atoms with Gasteiger partial charge >= 0.3 is 56.1 Å². The lowest BCUT2D eigenvalue weighted by molar-refractivity contribution is -0.113. The van der Waals surface area contributed by atoms with Crippen molar-refractivity contribution in [2.75, 3.05) is 0 Å². The number of aromatic nitrogens is 6. The van der Waals surface area contributed by atoms with Gasteiger partial charge in [-0.05, 0) is 139 Å². The molecule has 0 atom stereocenters. The average Bonchev–Trinajstić information content (AvgIpc) is 0.783. The van der Waals surface area contributed by atoms with Crippen molar-refractivity contribution >= 4 is 159 Å². The third-order valence-corrected chi connectivity index (χ3v) is 19.9. The van der Waals surface area contributed by atoms with E-state index < -0.39 is 76.3 Å². The van der Waals surface area contributed by atoms with Crippen LogP contribution in [0.15, 0.2) is 252 Å². The lowest BCUT2D eigenvalue weighted by Gasteiger charge is -2.19. The van der Waals surface area contributed by atoms with Crippen LogP contribution >= 0.6 is 0 Å². The molecule has 0 aliphatic heterocycles. The van der Waals surface area contributed by atoms with Crippen LogP contribution in [0.25, 0.3) is 65.4 Å². The summed E-state index contributed by atoms with van der Waals surface area (Å²) >= 11 is -9.00. The van der Waals surface area contributed by atoms with E-state index in [4.69, 9.17) is 46.7 Å². The van der Waals surface area contributed by atoms with Gasteiger partial charge in [0.25, 0.3) is 20.2 Å². The van der Waals surface area contributed by atoms with Gasteiger partial charge in [0.2, 0.25) is 0 Å². The number of carbonyl (C=O) groups excluding carboxylic acids is 3. The van der Waals surface area contributed by atoms with Crippen LogP contribution in [0.3, 0.4) is 0 Å². The molecule has 6 aromatic heterocycles. The summed E-state index contributed by atoms with van der Waals surface area (Å²) in [6.45, 7) is 8.99. The highest BCUT2D eigenvalue weighted by atomic mass is 32.2. The van der Waals surface area contributed by atoms with Gasteiger partial charge in [0.15, 0.2) is 17.3 Å². The second kappa shape index (κ2) is 35.0. The van der Waals surface area contributed by atoms with Crippen molar-refractivity contribution in [3.05, 3.63) is 243 Å². The molecule has 12 rings (SSSR count). The summed E-state index contributed by atoms with van der Waals surface area (Å²) in [5, 5.41) is 3.95. The van der Waals surface area contributed by atoms with E-state index >= 15 is 0 Å². The Morgan fingerprint density at radius 1 is 0.333 bits per heavy atom. The maximum atomic E-state index is 12.0. The third kappa shape index (κ3) is 21.2. The molecule has 2 N–H and O–H groups in total. The van der Waals surface area contributed by atoms with E-state index in [9.17, 15) is 40.3 Å². The number of rotatable bonds is 23. The Balaban J connectivity index is 0.000000181. The summed E-state index contributed by atoms with van der Waals surface area (Å²) in [7, 11) is -12.2. The van der Waals surface area contributed by atoms with Crippen molar-refractivity contribution < 1.29 is 87.0 Å². The molecular formula is C69H57Al3N6O21S3. The predicted octanol–water partition coefficient (Wildman–Crippen LogP) is 11.7. The Labute approximate surface area is 600 Å². The molecule has 0 saturated heterocycles. The Morgan fingerprint density at radius 3 is 0.804 bits per heavy atom. The van der Waals surface area contributed by atoms with Crippen molar-refractivity contribution in [1.29, 1.82) is 0 Å². The van der Waals surface area contributed by atoms with Crippen molar-refractivity contribution in [1.82, 2.24) is 29.9 Å². The van der Waals surface area contributed by atoms with Gasteiger partial charge in [-0.25, -0.2) is 0 Å². The summed E-state index contributed by atoms with van der Waals surface area (Å²) in [6.07, 6.45) is 13.6. The lowest BCUT2D eigenvalue weighted by atomic mass is 10.2. The first-order chi connectivity index (χ1) is 48.8. The van der Waals surface area contributed by atoms with Crippen LogP contribution in [-0.4, -0.2) is 131 Å². The molecule has 33 heteroatoms. The van der Waals surface area contributed by atoms with Crippen LogP contribution < -0.4 is 22.7 Å². The second-order valence-electron chi connectivity index (χ2n) is 21.4. The summed E-state index contributed by atoms with van der Waals surface area (Å²) in [4.78, 5) is 58.8. The topological polar surface area (TPSA) is 372 Å². The van der Waals surface area contributed by atoms with Crippen LogP contribution in [0.1, 0.15) is 41.5 Å². The number of fused-ring (bicyclic) bond motifs is 6. The van der Waals surface area contributed by atoms with Crippen molar-refractivity contribution in [3.8, 4) is 34.5 Å². The molecule has 0 fully saturated rings. The van der Waals surface area contributed by atoms with E-state index in [1.54, 1.807) is 63.8 Å². The number of allylic oxidation sites excluding steroid dienone is 6. The normalized spacial score (nSPS) is 11.5. The fraction of sp³-hybridized carbons (Fsp3) is 0.0870. The molecule has 27 nitrogen and oxygen atoms in total. The number of hydrogen-bond acceptors (Lipinski definition) is 25. The molecule has 12 aromatic rings. The largest absolute Gasteiger partial charge is 1.20 e. The Bertz CT molecular complexity index is 5180. The fourth-order valence-corrected chi connectivity index (χ4v) is 15.1. The summed E-state index contributed by atoms with van der Waals surface area (Å²) in [6, 6.07) is 49.0. The Kier molecular flexibility index (Phi) is 25.9. The fourth-order valence-electron chi connectivity index (χ4n) is 9.82. The highest BCUT2D eigenvalue weighted by Crippen LogP contribution is 2.35. The molecule has 0 aliphatic rings. The predicted molar refractivity (Wildman–Crippen MR) is 377 cm³/mol. The average molecular weight is 1480 g/mol. The SMILES string of the molecule is CC(=O)/C=C(/C)[O][Al]([O]/C(C)=C\C(C)=O)[O]/C(C)=C\C(C)=O.O=S(=O)(O)c1ccc([O][Al]([O]c2cccc3cccnc23)[O]c2ccc(S(=O)(=O)O)c3cccnc23)c2ncccc12.O=S(=O)=O.c1cnc2c([O][Al]([O]c3cccc4cccnc34)[O]c3cccc4cccnc34)cccc2c1. The van der Waals surface area contributed by atoms with Crippen LogP contribution in [0.5, 0.6) is 34.5 Å². The Hall–Kier alpha value is -10.8. The molecule has 6 aromatic carbocycles. The number of nitrogens with zero attached hydrogens (tertiary/aromatic N) is 6. The van der Waals surface area contributed by atoms with Gasteiger partial charge in [-0.15, -0.1) is 12.6 Å². The van der Waals surface area contributed by atoms with Gasteiger partial charge in [-0.2, -0.15) is 16.8 Å². The van der Waals surface area contributed by atoms with E-state index in [0.29, 0.717) is 45.8 Å². The second-order valence-corrected chi connectivity index (χ2v) is 28.5. The van der Waals surface area contributed by atoms with Gasteiger partial charge < -0.3 is 34.1 Å². The quantitative estimate of drug-likeness (QED) is 0.0260. The zero-order valence-electron chi connectivity index (χ0n) is 54.7. The summed E-state index contributed by atoms with van der Waals surface area (Å²) in [5.41, 5.74) is 3.03. The zero-order chi connectivity index (χ0) is 73.1. The number of para-hydroxylation sites is 4. The minimum Gasteiger partial charge on any atom is -0.580 e. The van der Waals surface area contributed by atoms with Crippen molar-refractivity contribution in [3.63, 3.8) is 0 Å². The van der Waals surface area contributed by atoms with Crippen molar-refractivity contribution in [2.24, 2.45) is 0 Å². The highest BCUT2D eigenvalue weighted by Gasteiger charge is 2.48. The molecular weight excluding hydrogens is 1430 g/mol. The maximum absolute atomic E-state index is 12.0. The van der Waals surface area contributed by atoms with Gasteiger partial charge in [0, 0.05) is 87.7 Å². The number of hydrogen-bond donors (Lipinski definition) is 2. The van der Waals surface area contributed by atoms with Gasteiger partial charge in [0.1, 0.15) is 77.4 Å². The number of benzene rings is 6. The first-order valence-electron chi connectivity index (χ1n) is 30.2. The first-order valence-corrected chi connectivity index (χ1v) is 38.3. The van der Waals surface area contributed by atoms with Crippen LogP contribution in [0.2, 0.25) is 0 Å². The minimum absolute atomic E-state index is 0.106. The van der Waals surface area contributed by atoms with Gasteiger partial charge in [-0.1, -0.05) is 72.8 Å². The van der Waals surface area contributed by atoms with Crippen LogP contribution in [0.4, 0.5) is 0 Å². The minimum atomic E-state index is -4.57. The molecule has 0 aliphatic carbocycles. The number of pyridine rings is 6. The van der Waals surface area contributed by atoms with Crippen LogP contribution in [0, 0.1) is 0 Å². The Morgan fingerprint density at radius 2 is 0.559 bits per heavy atom. The van der Waals surface area contributed by atoms with E-state index in [2.05, 4.69) is 29.9 Å². The van der Waals surface area contributed by atoms with Crippen LogP contribution in [-0.2, 0) is 56.6 Å². The highest BCUT2D eigenvalue weighted by molar-refractivity contribution is 7.86. The first kappa shape index (κ1) is 75.4.